The maximum absolute atomic E-state index is 12.3. The number of piperazine rings is 1. The number of thioether (sulfide) groups is 1. The summed E-state index contributed by atoms with van der Waals surface area (Å²) in [5.41, 5.74) is 1.17. The lowest BCUT2D eigenvalue weighted by Gasteiger charge is -2.36. The van der Waals surface area contributed by atoms with Crippen molar-refractivity contribution in [3.05, 3.63) is 54.6 Å². The van der Waals surface area contributed by atoms with E-state index in [4.69, 9.17) is 4.74 Å². The van der Waals surface area contributed by atoms with Gasteiger partial charge in [0.2, 0.25) is 0 Å². The lowest BCUT2D eigenvalue weighted by atomic mass is 10.2. The standard InChI is InChI=1S/C21H27N3O2S/c1-26-19-10-8-18(9-11-19)23-13-15-24(16-14-23)21(25)22-12-5-17-27-20-6-3-2-4-7-20/h2-4,6-11H,5,12-17H2,1H3,(H,22,25). The Morgan fingerprint density at radius 1 is 1.04 bits per heavy atom. The van der Waals surface area contributed by atoms with Crippen LogP contribution in [0.25, 0.3) is 0 Å². The summed E-state index contributed by atoms with van der Waals surface area (Å²) in [5.74, 6) is 1.87. The zero-order chi connectivity index (χ0) is 18.9. The molecule has 2 aromatic rings. The molecule has 1 aliphatic heterocycles. The molecule has 0 atom stereocenters. The normalized spacial score (nSPS) is 14.1. The number of nitrogens with one attached hydrogen (secondary N) is 1. The van der Waals surface area contributed by atoms with Crippen LogP contribution in [-0.2, 0) is 0 Å². The third kappa shape index (κ3) is 5.82. The molecule has 0 spiro atoms. The topological polar surface area (TPSA) is 44.8 Å². The smallest absolute Gasteiger partial charge is 0.317 e. The second kappa shape index (κ2) is 10.1. The molecule has 6 heteroatoms. The Morgan fingerprint density at radius 3 is 2.41 bits per heavy atom. The highest BCUT2D eigenvalue weighted by molar-refractivity contribution is 7.99. The number of amides is 2. The SMILES string of the molecule is COc1ccc(N2CCN(C(=O)NCCCSc3ccccc3)CC2)cc1. The van der Waals surface area contributed by atoms with Gasteiger partial charge >= 0.3 is 6.03 Å². The number of urea groups is 1. The number of benzene rings is 2. The minimum Gasteiger partial charge on any atom is -0.497 e. The van der Waals surface area contributed by atoms with Crippen LogP contribution < -0.4 is 15.0 Å². The van der Waals surface area contributed by atoms with Crippen molar-refractivity contribution in [3.8, 4) is 5.75 Å². The molecule has 0 aliphatic carbocycles. The molecule has 0 unspecified atom stereocenters. The first kappa shape index (κ1) is 19.4. The first-order valence-electron chi connectivity index (χ1n) is 9.36. The highest BCUT2D eigenvalue weighted by Gasteiger charge is 2.20. The van der Waals surface area contributed by atoms with E-state index in [1.54, 1.807) is 7.11 Å². The van der Waals surface area contributed by atoms with Crippen molar-refractivity contribution in [2.24, 2.45) is 0 Å². The average Bonchev–Trinajstić information content (AvgIpc) is 2.74. The first-order valence-corrected chi connectivity index (χ1v) is 10.3. The molecule has 3 rings (SSSR count). The number of hydrogen-bond acceptors (Lipinski definition) is 4. The lowest BCUT2D eigenvalue weighted by molar-refractivity contribution is 0.194. The molecule has 0 saturated carbocycles. The van der Waals surface area contributed by atoms with Crippen LogP contribution in [0.2, 0.25) is 0 Å². The molecular weight excluding hydrogens is 358 g/mol. The molecule has 0 bridgehead atoms. The first-order chi connectivity index (χ1) is 13.3. The van der Waals surface area contributed by atoms with Crippen LogP contribution >= 0.6 is 11.8 Å². The van der Waals surface area contributed by atoms with E-state index in [9.17, 15) is 4.79 Å². The summed E-state index contributed by atoms with van der Waals surface area (Å²) in [5, 5.41) is 3.05. The quantitative estimate of drug-likeness (QED) is 0.583. The molecule has 0 aromatic heterocycles. The maximum atomic E-state index is 12.3. The number of carbonyl (C=O) groups is 1. The summed E-state index contributed by atoms with van der Waals surface area (Å²) in [6.07, 6.45) is 0.969. The van der Waals surface area contributed by atoms with Crippen molar-refractivity contribution in [2.45, 2.75) is 11.3 Å². The molecule has 144 valence electrons. The van der Waals surface area contributed by atoms with Gasteiger partial charge in [-0.05, 0) is 48.6 Å². The van der Waals surface area contributed by atoms with Crippen molar-refractivity contribution < 1.29 is 9.53 Å². The van der Waals surface area contributed by atoms with E-state index < -0.39 is 0 Å². The van der Waals surface area contributed by atoms with Gasteiger partial charge < -0.3 is 19.9 Å². The Morgan fingerprint density at radius 2 is 1.74 bits per heavy atom. The van der Waals surface area contributed by atoms with E-state index in [-0.39, 0.29) is 6.03 Å². The van der Waals surface area contributed by atoms with Crippen molar-refractivity contribution in [3.63, 3.8) is 0 Å². The van der Waals surface area contributed by atoms with E-state index >= 15 is 0 Å². The van der Waals surface area contributed by atoms with Gasteiger partial charge in [-0.25, -0.2) is 4.79 Å². The molecule has 1 saturated heterocycles. The molecule has 2 amide bonds. The average molecular weight is 386 g/mol. The highest BCUT2D eigenvalue weighted by atomic mass is 32.2. The number of nitrogens with zero attached hydrogens (tertiary/aromatic N) is 2. The number of anilines is 1. The van der Waals surface area contributed by atoms with Gasteiger partial charge in [-0.1, -0.05) is 18.2 Å². The van der Waals surface area contributed by atoms with E-state index in [1.165, 1.54) is 10.6 Å². The van der Waals surface area contributed by atoms with Crippen molar-refractivity contribution in [1.29, 1.82) is 0 Å². The molecule has 5 nitrogen and oxygen atoms in total. The van der Waals surface area contributed by atoms with Crippen LogP contribution in [0.15, 0.2) is 59.5 Å². The van der Waals surface area contributed by atoms with Crippen LogP contribution in [0.5, 0.6) is 5.75 Å². The summed E-state index contributed by atoms with van der Waals surface area (Å²) >= 11 is 1.83. The number of hydrogen-bond donors (Lipinski definition) is 1. The van der Waals surface area contributed by atoms with Crippen LogP contribution in [0.3, 0.4) is 0 Å². The zero-order valence-corrected chi connectivity index (χ0v) is 16.6. The van der Waals surface area contributed by atoms with Gasteiger partial charge in [0.15, 0.2) is 0 Å². The molecule has 27 heavy (non-hydrogen) atoms. The molecule has 1 fully saturated rings. The molecule has 1 N–H and O–H groups in total. The third-order valence-corrected chi connectivity index (χ3v) is 5.71. The van der Waals surface area contributed by atoms with Crippen LogP contribution in [-0.4, -0.2) is 56.5 Å². The van der Waals surface area contributed by atoms with Crippen molar-refractivity contribution in [1.82, 2.24) is 10.2 Å². The summed E-state index contributed by atoms with van der Waals surface area (Å²) in [6.45, 7) is 3.91. The summed E-state index contributed by atoms with van der Waals surface area (Å²) < 4.78 is 5.20. The largest absolute Gasteiger partial charge is 0.497 e. The van der Waals surface area contributed by atoms with Gasteiger partial charge in [0, 0.05) is 43.3 Å². The van der Waals surface area contributed by atoms with Gasteiger partial charge in [0.25, 0.3) is 0 Å². The fourth-order valence-electron chi connectivity index (χ4n) is 3.05. The zero-order valence-electron chi connectivity index (χ0n) is 15.8. The Kier molecular flexibility index (Phi) is 7.27. The fraction of sp³-hybridized carbons (Fsp3) is 0.381. The van der Waals surface area contributed by atoms with Gasteiger partial charge in [0.05, 0.1) is 7.11 Å². The van der Waals surface area contributed by atoms with Crippen molar-refractivity contribution in [2.75, 3.05) is 50.5 Å². The lowest BCUT2D eigenvalue weighted by Crippen LogP contribution is -2.52. The van der Waals surface area contributed by atoms with E-state index in [1.807, 2.05) is 34.9 Å². The Hall–Kier alpha value is -2.34. The predicted molar refractivity (Wildman–Crippen MR) is 112 cm³/mol. The van der Waals surface area contributed by atoms with Crippen LogP contribution in [0.1, 0.15) is 6.42 Å². The molecule has 2 aromatic carbocycles. The van der Waals surface area contributed by atoms with Crippen molar-refractivity contribution >= 4 is 23.5 Å². The molecule has 0 radical (unpaired) electrons. The van der Waals surface area contributed by atoms with E-state index in [0.29, 0.717) is 0 Å². The number of ether oxygens (including phenoxy) is 1. The van der Waals surface area contributed by atoms with Crippen LogP contribution in [0, 0.1) is 0 Å². The maximum Gasteiger partial charge on any atom is 0.317 e. The number of methoxy groups -OCH3 is 1. The Bertz CT molecular complexity index is 701. The summed E-state index contributed by atoms with van der Waals surface area (Å²) in [6, 6.07) is 18.5. The third-order valence-electron chi connectivity index (χ3n) is 4.61. The van der Waals surface area contributed by atoms with Crippen LogP contribution in [0.4, 0.5) is 10.5 Å². The molecular formula is C21H27N3O2S. The minimum absolute atomic E-state index is 0.0501. The van der Waals surface area contributed by atoms with Gasteiger partial charge in [-0.3, -0.25) is 0 Å². The monoisotopic (exact) mass is 385 g/mol. The summed E-state index contributed by atoms with van der Waals surface area (Å²) in [7, 11) is 1.67. The summed E-state index contributed by atoms with van der Waals surface area (Å²) in [4.78, 5) is 17.8. The Labute approximate surface area is 165 Å². The molecule has 1 aliphatic rings. The van der Waals surface area contributed by atoms with Gasteiger partial charge in [-0.2, -0.15) is 0 Å². The Balaban J connectivity index is 1.33. The van der Waals surface area contributed by atoms with E-state index in [0.717, 1.165) is 50.6 Å². The minimum atomic E-state index is 0.0501. The fourth-order valence-corrected chi connectivity index (χ4v) is 3.92. The highest BCUT2D eigenvalue weighted by Crippen LogP contribution is 2.20. The second-order valence-corrected chi connectivity index (χ2v) is 7.59. The molecule has 1 heterocycles. The van der Waals surface area contributed by atoms with Gasteiger partial charge in [-0.15, -0.1) is 11.8 Å². The number of rotatable bonds is 7. The van der Waals surface area contributed by atoms with Gasteiger partial charge in [0.1, 0.15) is 5.75 Å². The second-order valence-electron chi connectivity index (χ2n) is 6.42. The predicted octanol–water partition coefficient (Wildman–Crippen LogP) is 3.71. The number of carbonyl (C=O) groups excluding carboxylic acids is 1. The van der Waals surface area contributed by atoms with E-state index in [2.05, 4.69) is 46.6 Å².